The van der Waals surface area contributed by atoms with Gasteiger partial charge in [-0.1, -0.05) is 61.3 Å². The van der Waals surface area contributed by atoms with Gasteiger partial charge < -0.3 is 0 Å². The Morgan fingerprint density at radius 3 is 2.39 bits per heavy atom. The van der Waals surface area contributed by atoms with Gasteiger partial charge in [0.25, 0.3) is 11.6 Å². The van der Waals surface area contributed by atoms with Crippen molar-refractivity contribution < 1.29 is 14.5 Å². The van der Waals surface area contributed by atoms with Crippen LogP contribution < -0.4 is 0 Å². The Kier molecular flexibility index (Phi) is 10.7. The number of hydrogen-bond acceptors (Lipinski definition) is 5. The van der Waals surface area contributed by atoms with E-state index in [0.717, 1.165) is 32.5 Å². The van der Waals surface area contributed by atoms with Crippen molar-refractivity contribution in [1.29, 1.82) is 0 Å². The zero-order valence-electron chi connectivity index (χ0n) is 19.1. The molecule has 0 fully saturated rings. The smallest absolute Gasteiger partial charge is 0.288 e. The minimum absolute atomic E-state index is 0.0271. The minimum Gasteiger partial charge on any atom is -0.299 e. The van der Waals surface area contributed by atoms with Crippen LogP contribution in [0.3, 0.4) is 0 Å². The van der Waals surface area contributed by atoms with Gasteiger partial charge in [-0.3, -0.25) is 29.5 Å². The number of carbonyl (C=O) groups excluding carboxylic acids is 2. The highest BCUT2D eigenvalue weighted by Gasteiger charge is 2.16. The van der Waals surface area contributed by atoms with Crippen LogP contribution in [0.1, 0.15) is 44.2 Å². The standard InChI is InChI=1S/C25H30ClN3O4/c1-3-27(19-22-10-6-4-7-11-22)16-8-5-9-17-28(20(2)30)25(31)15-13-21-12-14-23(26)24(18-21)29(32)33/h4,6-7,10-15,18H,3,5,8-9,16-17,19H2,1-2H3/b15-13+. The summed E-state index contributed by atoms with van der Waals surface area (Å²) < 4.78 is 0. The lowest BCUT2D eigenvalue weighted by atomic mass is 10.1. The number of nitro groups is 1. The van der Waals surface area contributed by atoms with Gasteiger partial charge in [0.1, 0.15) is 5.02 Å². The second-order valence-corrected chi connectivity index (χ2v) is 8.13. The topological polar surface area (TPSA) is 83.8 Å². The number of amides is 2. The van der Waals surface area contributed by atoms with Crippen LogP contribution in [0.5, 0.6) is 0 Å². The molecule has 2 aromatic rings. The van der Waals surface area contributed by atoms with E-state index >= 15 is 0 Å². The summed E-state index contributed by atoms with van der Waals surface area (Å²) in [6.45, 7) is 6.65. The number of rotatable bonds is 12. The normalized spacial score (nSPS) is 11.2. The van der Waals surface area contributed by atoms with Crippen LogP contribution in [0.25, 0.3) is 6.08 Å². The molecular formula is C25H30ClN3O4. The zero-order chi connectivity index (χ0) is 24.2. The zero-order valence-corrected chi connectivity index (χ0v) is 19.8. The van der Waals surface area contributed by atoms with E-state index in [2.05, 4.69) is 24.0 Å². The summed E-state index contributed by atoms with van der Waals surface area (Å²) in [6, 6.07) is 14.6. The Hall–Kier alpha value is -3.03. The first-order valence-corrected chi connectivity index (χ1v) is 11.4. The molecule has 0 radical (unpaired) electrons. The minimum atomic E-state index is -0.580. The van der Waals surface area contributed by atoms with Crippen LogP contribution >= 0.6 is 11.6 Å². The fourth-order valence-electron chi connectivity index (χ4n) is 3.43. The van der Waals surface area contributed by atoms with Crippen LogP contribution in [-0.4, -0.2) is 46.2 Å². The van der Waals surface area contributed by atoms with Gasteiger partial charge in [0.05, 0.1) is 4.92 Å². The quantitative estimate of drug-likeness (QED) is 0.181. The van der Waals surface area contributed by atoms with Crippen LogP contribution in [0.4, 0.5) is 5.69 Å². The van der Waals surface area contributed by atoms with E-state index in [-0.39, 0.29) is 16.6 Å². The molecule has 0 aliphatic rings. The third kappa shape index (κ3) is 8.79. The summed E-state index contributed by atoms with van der Waals surface area (Å²) in [4.78, 5) is 38.5. The molecule has 0 saturated heterocycles. The van der Waals surface area contributed by atoms with Crippen LogP contribution in [0, 0.1) is 10.1 Å². The first kappa shape index (κ1) is 26.2. The highest BCUT2D eigenvalue weighted by molar-refractivity contribution is 6.32. The Bertz CT molecular complexity index is 979. The summed E-state index contributed by atoms with van der Waals surface area (Å²) in [5, 5.41) is 11.0. The Morgan fingerprint density at radius 2 is 1.76 bits per heavy atom. The third-order valence-electron chi connectivity index (χ3n) is 5.28. The monoisotopic (exact) mass is 471 g/mol. The molecule has 0 heterocycles. The molecular weight excluding hydrogens is 442 g/mol. The number of unbranched alkanes of at least 4 members (excludes halogenated alkanes) is 2. The Labute approximate surface area is 199 Å². The lowest BCUT2D eigenvalue weighted by Gasteiger charge is -2.21. The second-order valence-electron chi connectivity index (χ2n) is 7.73. The van der Waals surface area contributed by atoms with E-state index in [1.807, 2.05) is 18.2 Å². The number of carbonyl (C=O) groups is 2. The third-order valence-corrected chi connectivity index (χ3v) is 5.60. The van der Waals surface area contributed by atoms with Gasteiger partial charge in [-0.15, -0.1) is 0 Å². The molecule has 0 aliphatic carbocycles. The van der Waals surface area contributed by atoms with Crippen molar-refractivity contribution in [2.24, 2.45) is 0 Å². The molecule has 2 rings (SSSR count). The first-order chi connectivity index (χ1) is 15.8. The van der Waals surface area contributed by atoms with E-state index in [0.29, 0.717) is 18.5 Å². The van der Waals surface area contributed by atoms with Crippen molar-refractivity contribution in [1.82, 2.24) is 9.80 Å². The Morgan fingerprint density at radius 1 is 1.06 bits per heavy atom. The molecule has 0 unspecified atom stereocenters. The fraction of sp³-hybridized carbons (Fsp3) is 0.360. The maximum Gasteiger partial charge on any atom is 0.288 e. The average molecular weight is 472 g/mol. The molecule has 176 valence electrons. The highest BCUT2D eigenvalue weighted by Crippen LogP contribution is 2.25. The van der Waals surface area contributed by atoms with Crippen LogP contribution in [0.15, 0.2) is 54.6 Å². The maximum absolute atomic E-state index is 12.5. The fourth-order valence-corrected chi connectivity index (χ4v) is 3.61. The van der Waals surface area contributed by atoms with Gasteiger partial charge in [-0.05, 0) is 49.2 Å². The number of nitrogens with zero attached hydrogens (tertiary/aromatic N) is 3. The molecule has 2 aromatic carbocycles. The average Bonchev–Trinajstić information content (AvgIpc) is 2.80. The molecule has 0 bridgehead atoms. The number of benzene rings is 2. The number of imide groups is 1. The summed E-state index contributed by atoms with van der Waals surface area (Å²) in [5.74, 6) is -0.773. The van der Waals surface area contributed by atoms with E-state index < -0.39 is 10.8 Å². The number of halogens is 1. The van der Waals surface area contributed by atoms with Gasteiger partial charge >= 0.3 is 0 Å². The lowest BCUT2D eigenvalue weighted by Crippen LogP contribution is -2.34. The van der Waals surface area contributed by atoms with Crippen molar-refractivity contribution in [3.63, 3.8) is 0 Å². The molecule has 0 aliphatic heterocycles. The van der Waals surface area contributed by atoms with E-state index in [9.17, 15) is 19.7 Å². The number of nitro benzene ring substituents is 1. The predicted molar refractivity (Wildman–Crippen MR) is 131 cm³/mol. The molecule has 33 heavy (non-hydrogen) atoms. The second kappa shape index (κ2) is 13.5. The van der Waals surface area contributed by atoms with E-state index in [1.165, 1.54) is 41.7 Å². The molecule has 0 saturated carbocycles. The Balaban J connectivity index is 1.83. The van der Waals surface area contributed by atoms with Gasteiger partial charge in [-0.2, -0.15) is 0 Å². The molecule has 0 N–H and O–H groups in total. The number of hydrogen-bond donors (Lipinski definition) is 0. The van der Waals surface area contributed by atoms with Gasteiger partial charge in [0.15, 0.2) is 0 Å². The van der Waals surface area contributed by atoms with Crippen molar-refractivity contribution in [3.8, 4) is 0 Å². The molecule has 2 amide bonds. The molecule has 0 aromatic heterocycles. The summed E-state index contributed by atoms with van der Waals surface area (Å²) in [5.41, 5.74) is 1.51. The van der Waals surface area contributed by atoms with Crippen LogP contribution in [0.2, 0.25) is 5.02 Å². The molecule has 0 spiro atoms. The van der Waals surface area contributed by atoms with Crippen molar-refractivity contribution >= 4 is 35.2 Å². The van der Waals surface area contributed by atoms with Crippen LogP contribution in [-0.2, 0) is 16.1 Å². The van der Waals surface area contributed by atoms with Crippen molar-refractivity contribution in [2.45, 2.75) is 39.7 Å². The molecule has 0 atom stereocenters. The first-order valence-electron chi connectivity index (χ1n) is 11.0. The van der Waals surface area contributed by atoms with E-state index in [4.69, 9.17) is 11.6 Å². The van der Waals surface area contributed by atoms with Crippen molar-refractivity contribution in [3.05, 3.63) is 80.9 Å². The summed E-state index contributed by atoms with van der Waals surface area (Å²) in [6.07, 6.45) is 5.30. The molecule has 7 nitrogen and oxygen atoms in total. The van der Waals surface area contributed by atoms with E-state index in [1.54, 1.807) is 6.07 Å². The molecule has 8 heteroatoms. The largest absolute Gasteiger partial charge is 0.299 e. The SMILES string of the molecule is CCN(CCCCCN(C(C)=O)C(=O)/C=C/c1ccc(Cl)c([N+](=O)[O-])c1)Cc1ccccc1. The lowest BCUT2D eigenvalue weighted by molar-refractivity contribution is -0.384. The predicted octanol–water partition coefficient (Wildman–Crippen LogP) is 5.33. The highest BCUT2D eigenvalue weighted by atomic mass is 35.5. The van der Waals surface area contributed by atoms with Crippen molar-refractivity contribution in [2.75, 3.05) is 19.6 Å². The summed E-state index contributed by atoms with van der Waals surface area (Å²) in [7, 11) is 0. The maximum atomic E-state index is 12.5. The van der Waals surface area contributed by atoms with Gasteiger partial charge in [-0.25, -0.2) is 0 Å². The van der Waals surface area contributed by atoms with Gasteiger partial charge in [0, 0.05) is 32.2 Å². The van der Waals surface area contributed by atoms with Gasteiger partial charge in [0.2, 0.25) is 5.91 Å². The summed E-state index contributed by atoms with van der Waals surface area (Å²) >= 11 is 5.81.